The van der Waals surface area contributed by atoms with Crippen LogP contribution < -0.4 is 21.2 Å². The van der Waals surface area contributed by atoms with Crippen LogP contribution in [0.1, 0.15) is 12.8 Å². The molecule has 1 heteroatoms. The summed E-state index contributed by atoms with van der Waals surface area (Å²) in [6.45, 7) is 0. The zero-order chi connectivity index (χ0) is 3.54. The van der Waals surface area contributed by atoms with Gasteiger partial charge >= 0.3 is 42.9 Å². The van der Waals surface area contributed by atoms with Gasteiger partial charge in [-0.25, -0.2) is 0 Å². The van der Waals surface area contributed by atoms with E-state index in [0.717, 1.165) is 21.2 Å². The van der Waals surface area contributed by atoms with Gasteiger partial charge < -0.3 is 0 Å². The minimum absolute atomic E-state index is 0.742. The Labute approximate surface area is 43.2 Å². The average molecular weight is 183 g/mol. The van der Waals surface area contributed by atoms with Crippen LogP contribution in [-0.4, -0.2) is 8.86 Å². The third-order valence-corrected chi connectivity index (χ3v) is 3.84. The van der Waals surface area contributed by atoms with Crippen LogP contribution in [0.2, 0.25) is 0 Å². The first-order valence-corrected chi connectivity index (χ1v) is 5.09. The van der Waals surface area contributed by atoms with E-state index in [9.17, 15) is 0 Å². The van der Waals surface area contributed by atoms with Crippen molar-refractivity contribution in [3.05, 3.63) is 0 Å². The van der Waals surface area contributed by atoms with E-state index in [1.165, 1.54) is 0 Å². The quantitative estimate of drug-likeness (QED) is 0.297. The Morgan fingerprint density at radius 1 is 1.00 bits per heavy atom. The van der Waals surface area contributed by atoms with Gasteiger partial charge in [0.2, 0.25) is 0 Å². The second kappa shape index (κ2) is 2.00. The molecule has 1 aliphatic heterocycles. The van der Waals surface area contributed by atoms with Gasteiger partial charge in [0.1, 0.15) is 0 Å². The maximum absolute atomic E-state index is 1.61. The van der Waals surface area contributed by atoms with E-state index in [4.69, 9.17) is 0 Å². The van der Waals surface area contributed by atoms with E-state index in [1.807, 2.05) is 0 Å². The summed E-state index contributed by atoms with van der Waals surface area (Å²) >= 11 is 0.742. The Kier molecular flexibility index (Phi) is 1.57. The fourth-order valence-corrected chi connectivity index (χ4v) is 3.17. The SMILES string of the molecule is C1CC[I-]C1. The van der Waals surface area contributed by atoms with Crippen LogP contribution in [0, 0.1) is 0 Å². The topological polar surface area (TPSA) is 0 Å². The third-order valence-electron chi connectivity index (χ3n) is 0.785. The predicted octanol–water partition coefficient (Wildman–Crippen LogP) is -2.13. The molecule has 1 heterocycles. The van der Waals surface area contributed by atoms with Gasteiger partial charge in [0.15, 0.2) is 0 Å². The van der Waals surface area contributed by atoms with Crippen molar-refractivity contribution in [2.75, 3.05) is 8.86 Å². The number of hydrogen-bond donors (Lipinski definition) is 0. The van der Waals surface area contributed by atoms with Gasteiger partial charge in [-0.3, -0.25) is 0 Å². The Bertz CT molecular complexity index is 15.2. The average Bonchev–Trinajstić information content (AvgIpc) is 1.76. The Hall–Kier alpha value is 0.730. The van der Waals surface area contributed by atoms with E-state index in [0.29, 0.717) is 0 Å². The molecule has 0 radical (unpaired) electrons. The van der Waals surface area contributed by atoms with Crippen LogP contribution in [0.15, 0.2) is 0 Å². The van der Waals surface area contributed by atoms with Crippen molar-refractivity contribution in [1.29, 1.82) is 0 Å². The van der Waals surface area contributed by atoms with E-state index >= 15 is 0 Å². The molecule has 0 amide bonds. The second-order valence-electron chi connectivity index (χ2n) is 1.27. The van der Waals surface area contributed by atoms with E-state index in [2.05, 4.69) is 0 Å². The van der Waals surface area contributed by atoms with Crippen molar-refractivity contribution in [3.63, 3.8) is 0 Å². The van der Waals surface area contributed by atoms with Crippen LogP contribution in [0.25, 0.3) is 0 Å². The van der Waals surface area contributed by atoms with Crippen molar-refractivity contribution in [2.45, 2.75) is 12.8 Å². The molecule has 0 spiro atoms. The first-order chi connectivity index (χ1) is 2.50. The third kappa shape index (κ3) is 1.07. The van der Waals surface area contributed by atoms with Gasteiger partial charge in [-0.1, -0.05) is 0 Å². The first-order valence-electron chi connectivity index (χ1n) is 2.03. The van der Waals surface area contributed by atoms with Crippen LogP contribution >= 0.6 is 0 Å². The molecular formula is C4H8I-. The molecule has 0 atom stereocenters. The summed E-state index contributed by atoms with van der Waals surface area (Å²) in [5, 5.41) is 0. The predicted molar refractivity (Wildman–Crippen MR) is 19.0 cm³/mol. The molecule has 0 unspecified atom stereocenters. The second-order valence-corrected chi connectivity index (χ2v) is 4.51. The molecule has 0 aliphatic carbocycles. The number of hydrogen-bond acceptors (Lipinski definition) is 0. The van der Waals surface area contributed by atoms with Crippen molar-refractivity contribution < 1.29 is 21.2 Å². The summed E-state index contributed by atoms with van der Waals surface area (Å²) < 4.78 is 3.22. The molecule has 0 aromatic rings. The zero-order valence-electron chi connectivity index (χ0n) is 3.21. The van der Waals surface area contributed by atoms with Gasteiger partial charge in [0, 0.05) is 0 Å². The monoisotopic (exact) mass is 183 g/mol. The van der Waals surface area contributed by atoms with Crippen molar-refractivity contribution in [3.8, 4) is 0 Å². The molecule has 5 heavy (non-hydrogen) atoms. The van der Waals surface area contributed by atoms with Gasteiger partial charge in [-0.2, -0.15) is 0 Å². The molecule has 0 aromatic carbocycles. The number of halogens is 1. The van der Waals surface area contributed by atoms with Gasteiger partial charge in [-0.05, 0) is 0 Å². The molecule has 1 aliphatic rings. The van der Waals surface area contributed by atoms with Crippen molar-refractivity contribution in [2.24, 2.45) is 0 Å². The summed E-state index contributed by atoms with van der Waals surface area (Å²) in [6, 6.07) is 0. The number of rotatable bonds is 0. The van der Waals surface area contributed by atoms with Crippen molar-refractivity contribution in [1.82, 2.24) is 0 Å². The molecule has 1 rings (SSSR count). The summed E-state index contributed by atoms with van der Waals surface area (Å²) in [4.78, 5) is 0. The molecule has 0 aromatic heterocycles. The van der Waals surface area contributed by atoms with Gasteiger partial charge in [0.25, 0.3) is 0 Å². The standard InChI is InChI=1S/C4H8I/c1-2-4-5-3-1/h1-4H2/q-1. The van der Waals surface area contributed by atoms with Gasteiger partial charge in [-0.15, -0.1) is 0 Å². The molecule has 1 saturated heterocycles. The molecule has 0 saturated carbocycles. The fourth-order valence-electron chi connectivity index (χ4n) is 0.472. The molecule has 0 N–H and O–H groups in total. The minimum atomic E-state index is 0.742. The fraction of sp³-hybridized carbons (Fsp3) is 1.00. The van der Waals surface area contributed by atoms with Crippen molar-refractivity contribution >= 4 is 0 Å². The summed E-state index contributed by atoms with van der Waals surface area (Å²) in [5.74, 6) is 0. The normalized spacial score (nSPS) is 25.6. The Morgan fingerprint density at radius 2 is 1.60 bits per heavy atom. The van der Waals surface area contributed by atoms with Crippen LogP contribution in [0.3, 0.4) is 0 Å². The molecule has 0 bridgehead atoms. The van der Waals surface area contributed by atoms with E-state index < -0.39 is 0 Å². The molecule has 0 nitrogen and oxygen atoms in total. The van der Waals surface area contributed by atoms with Crippen LogP contribution in [-0.2, 0) is 0 Å². The van der Waals surface area contributed by atoms with E-state index in [1.54, 1.807) is 21.7 Å². The van der Waals surface area contributed by atoms with Gasteiger partial charge in [0.05, 0.1) is 0 Å². The van der Waals surface area contributed by atoms with Crippen LogP contribution in [0.5, 0.6) is 0 Å². The van der Waals surface area contributed by atoms with E-state index in [-0.39, 0.29) is 0 Å². The molecule has 32 valence electrons. The Morgan fingerprint density at radius 3 is 1.80 bits per heavy atom. The maximum atomic E-state index is 1.61. The van der Waals surface area contributed by atoms with Crippen LogP contribution in [0.4, 0.5) is 0 Å². The summed E-state index contributed by atoms with van der Waals surface area (Å²) in [6.07, 6.45) is 3.10. The number of alkyl halides is 2. The summed E-state index contributed by atoms with van der Waals surface area (Å²) in [5.41, 5.74) is 0. The summed E-state index contributed by atoms with van der Waals surface area (Å²) in [7, 11) is 0. The molecular weight excluding hydrogens is 175 g/mol. The zero-order valence-corrected chi connectivity index (χ0v) is 5.36. The first kappa shape index (κ1) is 3.90. The molecule has 1 fully saturated rings. The Balaban J connectivity index is 2.08.